The lowest BCUT2D eigenvalue weighted by Crippen LogP contribution is -2.13. The highest BCUT2D eigenvalue weighted by Gasteiger charge is 2.12. The lowest BCUT2D eigenvalue weighted by molar-refractivity contribution is 0.257. The Morgan fingerprint density at radius 3 is 2.23 bits per heavy atom. The summed E-state index contributed by atoms with van der Waals surface area (Å²) in [5.74, 6) is 3.24. The monoisotopic (exact) mass is 416 g/mol. The highest BCUT2D eigenvalue weighted by molar-refractivity contribution is 5.75. The molecule has 0 saturated carbocycles. The summed E-state index contributed by atoms with van der Waals surface area (Å²) in [7, 11) is 0. The molecule has 1 aromatic heterocycles. The molecular weight excluding hydrogens is 388 g/mol. The van der Waals surface area contributed by atoms with E-state index in [1.807, 2.05) is 61.5 Å². The van der Waals surface area contributed by atoms with Crippen LogP contribution in [0, 0.1) is 0 Å². The van der Waals surface area contributed by atoms with E-state index in [0.29, 0.717) is 26.4 Å². The van der Waals surface area contributed by atoms with E-state index < -0.39 is 0 Å². The standard InChI is InChI=1S/C26H28N2O3/c1-3-20-13-15-21(16-14-20)31-19-26-27-22-9-5-6-10-23(22)28(26)17-18-30-25-12-8-7-11-24(25)29-4-2/h5-16H,3-4,17-19H2,1-2H3. The molecule has 5 heteroatoms. The van der Waals surface area contributed by atoms with Crippen LogP contribution in [0.4, 0.5) is 0 Å². The van der Waals surface area contributed by atoms with E-state index in [2.05, 4.69) is 29.7 Å². The van der Waals surface area contributed by atoms with Gasteiger partial charge in [0.15, 0.2) is 11.5 Å². The van der Waals surface area contributed by atoms with E-state index in [-0.39, 0.29) is 0 Å². The number of para-hydroxylation sites is 4. The van der Waals surface area contributed by atoms with Crippen molar-refractivity contribution in [1.29, 1.82) is 0 Å². The SMILES string of the molecule is CCOc1ccccc1OCCn1c(COc2ccc(CC)cc2)nc2ccccc21. The second-order valence-corrected chi connectivity index (χ2v) is 7.18. The van der Waals surface area contributed by atoms with Gasteiger partial charge in [0, 0.05) is 0 Å². The van der Waals surface area contributed by atoms with Crippen molar-refractivity contribution in [1.82, 2.24) is 9.55 Å². The van der Waals surface area contributed by atoms with Crippen LogP contribution < -0.4 is 14.2 Å². The minimum atomic E-state index is 0.398. The normalized spacial score (nSPS) is 10.9. The number of benzene rings is 3. The largest absolute Gasteiger partial charge is 0.490 e. The third-order valence-corrected chi connectivity index (χ3v) is 5.15. The zero-order valence-electron chi connectivity index (χ0n) is 18.1. The molecule has 0 fully saturated rings. The molecule has 160 valence electrons. The minimum absolute atomic E-state index is 0.398. The Balaban J connectivity index is 1.48. The molecule has 3 aromatic carbocycles. The molecule has 5 nitrogen and oxygen atoms in total. The maximum Gasteiger partial charge on any atom is 0.161 e. The van der Waals surface area contributed by atoms with Crippen molar-refractivity contribution >= 4 is 11.0 Å². The van der Waals surface area contributed by atoms with Crippen molar-refractivity contribution in [2.75, 3.05) is 13.2 Å². The average molecular weight is 417 g/mol. The van der Waals surface area contributed by atoms with Crippen molar-refractivity contribution in [3.05, 3.63) is 84.2 Å². The Bertz CT molecular complexity index is 1120. The van der Waals surface area contributed by atoms with Crippen LogP contribution in [0.25, 0.3) is 11.0 Å². The lowest BCUT2D eigenvalue weighted by atomic mass is 10.2. The summed E-state index contributed by atoms with van der Waals surface area (Å²) in [6.07, 6.45) is 1.02. The predicted molar refractivity (Wildman–Crippen MR) is 123 cm³/mol. The number of imidazole rings is 1. The number of hydrogen-bond donors (Lipinski definition) is 0. The van der Waals surface area contributed by atoms with Crippen LogP contribution in [0.15, 0.2) is 72.8 Å². The first-order chi connectivity index (χ1) is 15.3. The molecule has 0 atom stereocenters. The van der Waals surface area contributed by atoms with Gasteiger partial charge in [-0.15, -0.1) is 0 Å². The van der Waals surface area contributed by atoms with E-state index >= 15 is 0 Å². The highest BCUT2D eigenvalue weighted by Crippen LogP contribution is 2.26. The second-order valence-electron chi connectivity index (χ2n) is 7.18. The van der Waals surface area contributed by atoms with Crippen LogP contribution in [0.2, 0.25) is 0 Å². The quantitative estimate of drug-likeness (QED) is 0.335. The molecule has 0 spiro atoms. The topological polar surface area (TPSA) is 45.5 Å². The fourth-order valence-electron chi connectivity index (χ4n) is 3.55. The molecule has 0 amide bonds. The number of fused-ring (bicyclic) bond motifs is 1. The van der Waals surface area contributed by atoms with Gasteiger partial charge in [-0.1, -0.05) is 43.3 Å². The van der Waals surface area contributed by atoms with Gasteiger partial charge in [0.2, 0.25) is 0 Å². The highest BCUT2D eigenvalue weighted by atomic mass is 16.5. The fraction of sp³-hybridized carbons (Fsp3) is 0.269. The number of nitrogens with zero attached hydrogens (tertiary/aromatic N) is 2. The summed E-state index contributed by atoms with van der Waals surface area (Å²) in [5, 5.41) is 0. The molecule has 4 aromatic rings. The third kappa shape index (κ3) is 5.00. The Morgan fingerprint density at radius 1 is 0.774 bits per heavy atom. The third-order valence-electron chi connectivity index (χ3n) is 5.15. The molecule has 0 bridgehead atoms. The first-order valence-electron chi connectivity index (χ1n) is 10.8. The van der Waals surface area contributed by atoms with Crippen LogP contribution >= 0.6 is 0 Å². The van der Waals surface area contributed by atoms with E-state index in [9.17, 15) is 0 Å². The molecule has 0 aliphatic carbocycles. The van der Waals surface area contributed by atoms with Crippen LogP contribution in [-0.2, 0) is 19.6 Å². The number of aromatic nitrogens is 2. The molecule has 0 aliphatic heterocycles. The summed E-state index contributed by atoms with van der Waals surface area (Å²) >= 11 is 0. The number of ether oxygens (including phenoxy) is 3. The van der Waals surface area contributed by atoms with Crippen molar-refractivity contribution in [2.45, 2.75) is 33.4 Å². The Hall–Kier alpha value is -3.47. The van der Waals surface area contributed by atoms with Crippen LogP contribution in [0.1, 0.15) is 25.2 Å². The zero-order chi connectivity index (χ0) is 21.5. The van der Waals surface area contributed by atoms with Gasteiger partial charge in [0.25, 0.3) is 0 Å². The predicted octanol–water partition coefficient (Wildman–Crippen LogP) is 5.66. The smallest absolute Gasteiger partial charge is 0.161 e. The van der Waals surface area contributed by atoms with E-state index in [1.54, 1.807) is 0 Å². The molecular formula is C26H28N2O3. The number of aryl methyl sites for hydroxylation is 1. The van der Waals surface area contributed by atoms with Crippen LogP contribution in [-0.4, -0.2) is 22.8 Å². The Kier molecular flexibility index (Phi) is 6.72. The average Bonchev–Trinajstić information content (AvgIpc) is 3.17. The van der Waals surface area contributed by atoms with Gasteiger partial charge in [0.1, 0.15) is 24.8 Å². The van der Waals surface area contributed by atoms with Gasteiger partial charge in [-0.25, -0.2) is 4.98 Å². The van der Waals surface area contributed by atoms with E-state index in [4.69, 9.17) is 19.2 Å². The summed E-state index contributed by atoms with van der Waals surface area (Å²) in [6.45, 7) is 6.28. The first kappa shape index (κ1) is 20.8. The molecule has 0 N–H and O–H groups in total. The van der Waals surface area contributed by atoms with Crippen molar-refractivity contribution < 1.29 is 14.2 Å². The van der Waals surface area contributed by atoms with Gasteiger partial charge >= 0.3 is 0 Å². The van der Waals surface area contributed by atoms with Crippen molar-refractivity contribution in [3.8, 4) is 17.2 Å². The van der Waals surface area contributed by atoms with Gasteiger partial charge in [-0.3, -0.25) is 0 Å². The number of rotatable bonds is 10. The summed E-state index contributed by atoms with van der Waals surface area (Å²) in [4.78, 5) is 4.79. The lowest BCUT2D eigenvalue weighted by Gasteiger charge is -2.14. The molecule has 0 unspecified atom stereocenters. The minimum Gasteiger partial charge on any atom is -0.490 e. The number of hydrogen-bond acceptors (Lipinski definition) is 4. The van der Waals surface area contributed by atoms with Gasteiger partial charge in [-0.05, 0) is 55.3 Å². The molecule has 31 heavy (non-hydrogen) atoms. The van der Waals surface area contributed by atoms with Crippen LogP contribution in [0.5, 0.6) is 17.2 Å². The van der Waals surface area contributed by atoms with Crippen LogP contribution in [0.3, 0.4) is 0 Å². The van der Waals surface area contributed by atoms with Crippen molar-refractivity contribution in [2.24, 2.45) is 0 Å². The van der Waals surface area contributed by atoms with E-state index in [1.165, 1.54) is 5.56 Å². The van der Waals surface area contributed by atoms with Gasteiger partial charge in [-0.2, -0.15) is 0 Å². The Morgan fingerprint density at radius 2 is 1.48 bits per heavy atom. The van der Waals surface area contributed by atoms with Gasteiger partial charge < -0.3 is 18.8 Å². The molecule has 0 radical (unpaired) electrons. The maximum absolute atomic E-state index is 6.04. The molecule has 0 aliphatic rings. The summed E-state index contributed by atoms with van der Waals surface area (Å²) in [6, 6.07) is 24.1. The molecule has 0 saturated heterocycles. The second kappa shape index (κ2) is 10.0. The van der Waals surface area contributed by atoms with Crippen molar-refractivity contribution in [3.63, 3.8) is 0 Å². The van der Waals surface area contributed by atoms with E-state index in [0.717, 1.165) is 40.5 Å². The Labute approximate surface area is 183 Å². The maximum atomic E-state index is 6.04. The first-order valence-corrected chi connectivity index (χ1v) is 10.8. The molecule has 1 heterocycles. The zero-order valence-corrected chi connectivity index (χ0v) is 18.1. The van der Waals surface area contributed by atoms with Gasteiger partial charge in [0.05, 0.1) is 24.2 Å². The summed E-state index contributed by atoms with van der Waals surface area (Å²) < 4.78 is 19.9. The summed E-state index contributed by atoms with van der Waals surface area (Å²) in [5.41, 5.74) is 3.32. The molecule has 4 rings (SSSR count). The fourth-order valence-corrected chi connectivity index (χ4v) is 3.55.